The molecular weight excluding hydrogens is 264 g/mol. The van der Waals surface area contributed by atoms with Crippen molar-refractivity contribution in [2.45, 2.75) is 13.3 Å². The summed E-state index contributed by atoms with van der Waals surface area (Å²) in [6.07, 6.45) is 0.504. The van der Waals surface area contributed by atoms with Crippen molar-refractivity contribution in [2.24, 2.45) is 0 Å². The fraction of sp³-hybridized carbons (Fsp3) is 0.312. The van der Waals surface area contributed by atoms with Crippen molar-refractivity contribution < 1.29 is 4.79 Å². The number of aromatic nitrogens is 2. The second-order valence-corrected chi connectivity index (χ2v) is 5.14. The topological polar surface area (TPSA) is 58.1 Å². The van der Waals surface area contributed by atoms with Gasteiger partial charge in [0.05, 0.1) is 0 Å². The molecular formula is C16H18N4O. The Kier molecular flexibility index (Phi) is 3.81. The summed E-state index contributed by atoms with van der Waals surface area (Å²) >= 11 is 0. The predicted octanol–water partition coefficient (Wildman–Crippen LogP) is 1.78. The molecule has 5 heteroatoms. The van der Waals surface area contributed by atoms with Gasteiger partial charge in [-0.25, -0.2) is 9.97 Å². The lowest BCUT2D eigenvalue weighted by atomic mass is 10.2. The van der Waals surface area contributed by atoms with E-state index in [0.717, 1.165) is 29.4 Å². The van der Waals surface area contributed by atoms with Crippen LogP contribution >= 0.6 is 0 Å². The smallest absolute Gasteiger partial charge is 0.221 e. The summed E-state index contributed by atoms with van der Waals surface area (Å²) in [5.74, 6) is 1.72. The molecule has 0 bridgehead atoms. The maximum Gasteiger partial charge on any atom is 0.221 e. The van der Waals surface area contributed by atoms with E-state index < -0.39 is 0 Å². The highest BCUT2D eigenvalue weighted by Gasteiger charge is 2.16. The van der Waals surface area contributed by atoms with Crippen LogP contribution in [0, 0.1) is 6.92 Å². The van der Waals surface area contributed by atoms with Crippen LogP contribution in [0.2, 0.25) is 0 Å². The van der Waals surface area contributed by atoms with E-state index in [1.165, 1.54) is 0 Å². The molecule has 5 nitrogen and oxygen atoms in total. The van der Waals surface area contributed by atoms with Gasteiger partial charge < -0.3 is 10.2 Å². The van der Waals surface area contributed by atoms with Crippen LogP contribution in [0.1, 0.15) is 12.1 Å². The average molecular weight is 282 g/mol. The van der Waals surface area contributed by atoms with Crippen molar-refractivity contribution in [1.82, 2.24) is 15.3 Å². The number of nitrogens with one attached hydrogen (secondary N) is 1. The second-order valence-electron chi connectivity index (χ2n) is 5.14. The normalized spacial score (nSPS) is 15.5. The molecule has 1 saturated heterocycles. The maximum atomic E-state index is 11.4. The minimum Gasteiger partial charge on any atom is -0.354 e. The molecule has 108 valence electrons. The van der Waals surface area contributed by atoms with E-state index in [0.29, 0.717) is 19.5 Å². The number of nitrogens with zero attached hydrogens (tertiary/aromatic N) is 3. The third kappa shape index (κ3) is 3.18. The van der Waals surface area contributed by atoms with Gasteiger partial charge >= 0.3 is 0 Å². The molecule has 1 aliphatic heterocycles. The highest BCUT2D eigenvalue weighted by molar-refractivity contribution is 5.77. The van der Waals surface area contributed by atoms with Crippen molar-refractivity contribution >= 4 is 11.7 Å². The number of anilines is 1. The van der Waals surface area contributed by atoms with E-state index in [2.05, 4.69) is 20.2 Å². The Labute approximate surface area is 124 Å². The van der Waals surface area contributed by atoms with Gasteiger partial charge in [-0.05, 0) is 6.92 Å². The third-order valence-electron chi connectivity index (χ3n) is 3.51. The van der Waals surface area contributed by atoms with Crippen LogP contribution in [0.3, 0.4) is 0 Å². The van der Waals surface area contributed by atoms with Crippen LogP contribution in [-0.4, -0.2) is 35.5 Å². The average Bonchev–Trinajstić information content (AvgIpc) is 2.72. The van der Waals surface area contributed by atoms with Crippen LogP contribution in [0.5, 0.6) is 0 Å². The lowest BCUT2D eigenvalue weighted by Gasteiger charge is -2.21. The number of aryl methyl sites for hydroxylation is 1. The van der Waals surface area contributed by atoms with E-state index >= 15 is 0 Å². The Morgan fingerprint density at radius 1 is 1.14 bits per heavy atom. The molecule has 0 radical (unpaired) electrons. The zero-order valence-electron chi connectivity index (χ0n) is 12.0. The van der Waals surface area contributed by atoms with Gasteiger partial charge in [0.1, 0.15) is 5.82 Å². The molecule has 1 aromatic carbocycles. The molecule has 21 heavy (non-hydrogen) atoms. The zero-order valence-corrected chi connectivity index (χ0v) is 12.0. The lowest BCUT2D eigenvalue weighted by molar-refractivity contribution is -0.120. The monoisotopic (exact) mass is 282 g/mol. The second kappa shape index (κ2) is 5.91. The van der Waals surface area contributed by atoms with Crippen LogP contribution in [-0.2, 0) is 4.79 Å². The van der Waals surface area contributed by atoms with Crippen LogP contribution in [0.25, 0.3) is 11.4 Å². The van der Waals surface area contributed by atoms with E-state index in [9.17, 15) is 4.79 Å². The van der Waals surface area contributed by atoms with Crippen molar-refractivity contribution in [1.29, 1.82) is 0 Å². The summed E-state index contributed by atoms with van der Waals surface area (Å²) in [6.45, 7) is 4.09. The number of hydrogen-bond acceptors (Lipinski definition) is 4. The van der Waals surface area contributed by atoms with Gasteiger partial charge in [0.15, 0.2) is 5.82 Å². The third-order valence-corrected chi connectivity index (χ3v) is 3.51. The van der Waals surface area contributed by atoms with E-state index in [1.54, 1.807) is 0 Å². The minimum absolute atomic E-state index is 0.103. The first-order valence-electron chi connectivity index (χ1n) is 7.15. The molecule has 1 aromatic heterocycles. The summed E-state index contributed by atoms with van der Waals surface area (Å²) in [7, 11) is 0. The number of benzene rings is 1. The number of carbonyl (C=O) groups excluding carboxylic acids is 1. The standard InChI is InChI=1S/C16H18N4O/c1-12-11-14(20-9-7-15(21)17-8-10-20)19-16(18-12)13-5-3-2-4-6-13/h2-6,11H,7-10H2,1H3,(H,17,21). The maximum absolute atomic E-state index is 11.4. The molecule has 1 N–H and O–H groups in total. The summed E-state index contributed by atoms with van der Waals surface area (Å²) in [5.41, 5.74) is 1.94. The lowest BCUT2D eigenvalue weighted by Crippen LogP contribution is -2.29. The molecule has 1 aliphatic rings. The van der Waals surface area contributed by atoms with Crippen molar-refractivity contribution in [3.63, 3.8) is 0 Å². The highest BCUT2D eigenvalue weighted by atomic mass is 16.1. The SMILES string of the molecule is Cc1cc(N2CCNC(=O)CC2)nc(-c2ccccc2)n1. The fourth-order valence-corrected chi connectivity index (χ4v) is 2.43. The predicted molar refractivity (Wildman–Crippen MR) is 82.0 cm³/mol. The first-order chi connectivity index (χ1) is 10.2. The summed E-state index contributed by atoms with van der Waals surface area (Å²) in [5, 5.41) is 2.88. The Morgan fingerprint density at radius 2 is 1.95 bits per heavy atom. The van der Waals surface area contributed by atoms with Gasteiger partial charge in [0.25, 0.3) is 0 Å². The Balaban J connectivity index is 1.92. The van der Waals surface area contributed by atoms with Gasteiger partial charge in [-0.1, -0.05) is 30.3 Å². The molecule has 3 rings (SSSR count). The molecule has 0 unspecified atom stereocenters. The van der Waals surface area contributed by atoms with Crippen LogP contribution < -0.4 is 10.2 Å². The van der Waals surface area contributed by atoms with Crippen LogP contribution in [0.15, 0.2) is 36.4 Å². The molecule has 0 atom stereocenters. The number of rotatable bonds is 2. The quantitative estimate of drug-likeness (QED) is 0.912. The number of amides is 1. The van der Waals surface area contributed by atoms with E-state index in [1.807, 2.05) is 43.3 Å². The molecule has 2 heterocycles. The van der Waals surface area contributed by atoms with Gasteiger partial charge in [0.2, 0.25) is 5.91 Å². The summed E-state index contributed by atoms with van der Waals surface area (Å²) < 4.78 is 0. The first-order valence-corrected chi connectivity index (χ1v) is 7.15. The van der Waals surface area contributed by atoms with Gasteiger partial charge in [0, 0.05) is 43.4 Å². The molecule has 1 fully saturated rings. The Bertz CT molecular complexity index is 642. The van der Waals surface area contributed by atoms with Gasteiger partial charge in [-0.3, -0.25) is 4.79 Å². The fourth-order valence-electron chi connectivity index (χ4n) is 2.43. The molecule has 0 spiro atoms. The number of carbonyl (C=O) groups is 1. The Morgan fingerprint density at radius 3 is 2.76 bits per heavy atom. The van der Waals surface area contributed by atoms with Gasteiger partial charge in [-0.15, -0.1) is 0 Å². The molecule has 0 aliphatic carbocycles. The van der Waals surface area contributed by atoms with Crippen molar-refractivity contribution in [3.05, 3.63) is 42.1 Å². The zero-order chi connectivity index (χ0) is 14.7. The highest BCUT2D eigenvalue weighted by Crippen LogP contribution is 2.20. The first kappa shape index (κ1) is 13.5. The molecule has 2 aromatic rings. The Hall–Kier alpha value is -2.43. The van der Waals surface area contributed by atoms with Crippen molar-refractivity contribution in [2.75, 3.05) is 24.5 Å². The van der Waals surface area contributed by atoms with Crippen LogP contribution in [0.4, 0.5) is 5.82 Å². The summed E-state index contributed by atoms with van der Waals surface area (Å²) in [4.78, 5) is 22.8. The molecule has 1 amide bonds. The van der Waals surface area contributed by atoms with Gasteiger partial charge in [-0.2, -0.15) is 0 Å². The largest absolute Gasteiger partial charge is 0.354 e. The molecule has 0 saturated carbocycles. The van der Waals surface area contributed by atoms with Crippen molar-refractivity contribution in [3.8, 4) is 11.4 Å². The minimum atomic E-state index is 0.103. The number of hydrogen-bond donors (Lipinski definition) is 1. The van der Waals surface area contributed by atoms with E-state index in [4.69, 9.17) is 0 Å². The van der Waals surface area contributed by atoms with E-state index in [-0.39, 0.29) is 5.91 Å². The summed E-state index contributed by atoms with van der Waals surface area (Å²) in [6, 6.07) is 11.9.